The first kappa shape index (κ1) is 21.4. The monoisotopic (exact) mass is 410 g/mol. The van der Waals surface area contributed by atoms with Gasteiger partial charge < -0.3 is 4.90 Å². The lowest BCUT2D eigenvalue weighted by atomic mass is 10.0. The van der Waals surface area contributed by atoms with Gasteiger partial charge in [0.05, 0.1) is 17.3 Å². The van der Waals surface area contributed by atoms with Gasteiger partial charge in [-0.25, -0.2) is 0 Å². The minimum Gasteiger partial charge on any atom is -0.310 e. The van der Waals surface area contributed by atoms with Crippen LogP contribution in [-0.4, -0.2) is 12.5 Å². The highest BCUT2D eigenvalue weighted by Gasteiger charge is 2.30. The van der Waals surface area contributed by atoms with E-state index in [1.54, 1.807) is 19.1 Å². The number of hydrogen-bond acceptors (Lipinski definition) is 2. The van der Waals surface area contributed by atoms with Crippen molar-refractivity contribution in [2.24, 2.45) is 5.92 Å². The zero-order valence-corrected chi connectivity index (χ0v) is 16.5. The Labute approximate surface area is 173 Å². The molecule has 0 radical (unpaired) electrons. The van der Waals surface area contributed by atoms with Crippen molar-refractivity contribution in [2.75, 3.05) is 11.4 Å². The number of nitriles is 1. The van der Waals surface area contributed by atoms with Crippen molar-refractivity contribution in [3.63, 3.8) is 0 Å². The molecule has 0 fully saturated rings. The van der Waals surface area contributed by atoms with Gasteiger partial charge in [-0.2, -0.15) is 18.4 Å². The van der Waals surface area contributed by atoms with Crippen LogP contribution in [0.4, 0.5) is 18.9 Å². The molecule has 3 aromatic carbocycles. The average molecular weight is 410 g/mol. The molecule has 1 amide bonds. The molecular weight excluding hydrogens is 389 g/mol. The van der Waals surface area contributed by atoms with Gasteiger partial charge in [0.1, 0.15) is 5.92 Å². The van der Waals surface area contributed by atoms with Gasteiger partial charge in [-0.1, -0.05) is 61.5 Å². The van der Waals surface area contributed by atoms with Crippen molar-refractivity contribution in [1.29, 1.82) is 5.26 Å². The Kier molecular flexibility index (Phi) is 6.41. The number of anilines is 1. The van der Waals surface area contributed by atoms with E-state index >= 15 is 0 Å². The number of fused-ring (bicyclic) bond motifs is 1. The Balaban J connectivity index is 1.97. The van der Waals surface area contributed by atoms with Gasteiger partial charge >= 0.3 is 6.18 Å². The van der Waals surface area contributed by atoms with E-state index in [1.165, 1.54) is 11.0 Å². The number of carbonyl (C=O) groups excluding carboxylic acids is 1. The highest BCUT2D eigenvalue weighted by atomic mass is 19.4. The molecule has 0 aliphatic rings. The molecule has 0 spiro atoms. The zero-order valence-electron chi connectivity index (χ0n) is 16.5. The topological polar surface area (TPSA) is 44.1 Å². The van der Waals surface area contributed by atoms with Gasteiger partial charge in [0.15, 0.2) is 0 Å². The third-order valence-electron chi connectivity index (χ3n) is 5.06. The van der Waals surface area contributed by atoms with Crippen LogP contribution in [0.3, 0.4) is 0 Å². The summed E-state index contributed by atoms with van der Waals surface area (Å²) in [6, 6.07) is 20.3. The summed E-state index contributed by atoms with van der Waals surface area (Å²) < 4.78 is 39.1. The van der Waals surface area contributed by atoms with Crippen molar-refractivity contribution < 1.29 is 18.0 Å². The van der Waals surface area contributed by atoms with Gasteiger partial charge in [0, 0.05) is 11.9 Å². The quantitative estimate of drug-likeness (QED) is 0.501. The van der Waals surface area contributed by atoms with E-state index < -0.39 is 17.7 Å². The van der Waals surface area contributed by atoms with Gasteiger partial charge in [-0.05, 0) is 35.9 Å². The molecule has 0 bridgehead atoms. The fourth-order valence-electron chi connectivity index (χ4n) is 3.45. The normalized spacial score (nSPS) is 12.4. The highest BCUT2D eigenvalue weighted by Crippen LogP contribution is 2.31. The summed E-state index contributed by atoms with van der Waals surface area (Å²) in [4.78, 5) is 14.6. The summed E-state index contributed by atoms with van der Waals surface area (Å²) in [5.41, 5.74) is 0.415. The third-order valence-corrected chi connectivity index (χ3v) is 5.06. The molecule has 0 N–H and O–H groups in total. The summed E-state index contributed by atoms with van der Waals surface area (Å²) in [5, 5.41) is 11.2. The van der Waals surface area contributed by atoms with E-state index in [0.717, 1.165) is 22.9 Å². The zero-order chi connectivity index (χ0) is 21.7. The van der Waals surface area contributed by atoms with Crippen LogP contribution in [0.5, 0.6) is 0 Å². The summed E-state index contributed by atoms with van der Waals surface area (Å²) >= 11 is 0. The van der Waals surface area contributed by atoms with Crippen LogP contribution in [0.2, 0.25) is 0 Å². The predicted octanol–water partition coefficient (Wildman–Crippen LogP) is 5.98. The predicted molar refractivity (Wildman–Crippen MR) is 111 cm³/mol. The van der Waals surface area contributed by atoms with Gasteiger partial charge in [0.2, 0.25) is 5.91 Å². The van der Waals surface area contributed by atoms with E-state index in [9.17, 15) is 23.2 Å². The number of rotatable bonds is 6. The molecule has 154 valence electrons. The Hall–Kier alpha value is -3.33. The number of benzene rings is 3. The lowest BCUT2D eigenvalue weighted by Crippen LogP contribution is -2.37. The van der Waals surface area contributed by atoms with Crippen molar-refractivity contribution in [1.82, 2.24) is 0 Å². The standard InChI is InChI=1S/C24H21F3N2O/c1-2-18(16-28)23(30)29(22-12-6-9-19-8-3-4-11-21(19)22)14-13-17-7-5-10-20(15-17)24(25,26)27/h3-12,15,18H,2,13-14H2,1H3. The maximum atomic E-state index is 13.1. The number of halogens is 3. The van der Waals surface area contributed by atoms with Crippen LogP contribution in [0.1, 0.15) is 24.5 Å². The third kappa shape index (κ3) is 4.62. The Morgan fingerprint density at radius 3 is 2.47 bits per heavy atom. The molecule has 0 saturated heterocycles. The van der Waals surface area contributed by atoms with E-state index in [2.05, 4.69) is 0 Å². The number of nitrogens with zero attached hydrogens (tertiary/aromatic N) is 2. The largest absolute Gasteiger partial charge is 0.416 e. The van der Waals surface area contributed by atoms with Crippen LogP contribution in [0, 0.1) is 17.2 Å². The van der Waals surface area contributed by atoms with Crippen LogP contribution in [0.25, 0.3) is 10.8 Å². The number of carbonyl (C=O) groups is 1. The van der Waals surface area contributed by atoms with Gasteiger partial charge in [0.25, 0.3) is 0 Å². The fourth-order valence-corrected chi connectivity index (χ4v) is 3.45. The molecule has 0 aliphatic carbocycles. The molecule has 0 saturated carbocycles. The first-order valence-electron chi connectivity index (χ1n) is 9.70. The smallest absolute Gasteiger partial charge is 0.310 e. The summed E-state index contributed by atoms with van der Waals surface area (Å²) in [6.07, 6.45) is -3.82. The summed E-state index contributed by atoms with van der Waals surface area (Å²) in [7, 11) is 0. The van der Waals surface area contributed by atoms with Crippen molar-refractivity contribution in [2.45, 2.75) is 25.9 Å². The Bertz CT molecular complexity index is 1080. The molecule has 1 atom stereocenters. The van der Waals surface area contributed by atoms with Crippen molar-refractivity contribution in [3.8, 4) is 6.07 Å². The van der Waals surface area contributed by atoms with Crippen LogP contribution in [-0.2, 0) is 17.4 Å². The molecule has 3 rings (SSSR count). The number of amides is 1. The molecule has 6 heteroatoms. The minimum absolute atomic E-state index is 0.173. The van der Waals surface area contributed by atoms with Crippen molar-refractivity contribution in [3.05, 3.63) is 77.9 Å². The Morgan fingerprint density at radius 2 is 1.77 bits per heavy atom. The molecule has 3 nitrogen and oxygen atoms in total. The van der Waals surface area contributed by atoms with E-state index in [4.69, 9.17) is 0 Å². The molecule has 0 heterocycles. The fraction of sp³-hybridized carbons (Fsp3) is 0.250. The molecule has 0 aromatic heterocycles. The first-order valence-corrected chi connectivity index (χ1v) is 9.70. The molecule has 30 heavy (non-hydrogen) atoms. The lowest BCUT2D eigenvalue weighted by molar-refractivity contribution is -0.137. The first-order chi connectivity index (χ1) is 14.3. The van der Waals surface area contributed by atoms with Gasteiger partial charge in [-0.3, -0.25) is 4.79 Å². The second-order valence-electron chi connectivity index (χ2n) is 7.03. The van der Waals surface area contributed by atoms with E-state index in [-0.39, 0.29) is 18.9 Å². The molecule has 1 unspecified atom stereocenters. The van der Waals surface area contributed by atoms with E-state index in [1.807, 2.05) is 42.5 Å². The average Bonchev–Trinajstić information content (AvgIpc) is 2.74. The SMILES string of the molecule is CCC(C#N)C(=O)N(CCc1cccc(C(F)(F)F)c1)c1cccc2ccccc12. The summed E-state index contributed by atoms with van der Waals surface area (Å²) in [5.74, 6) is -1.16. The van der Waals surface area contributed by atoms with E-state index in [0.29, 0.717) is 17.7 Å². The maximum absolute atomic E-state index is 13.1. The second kappa shape index (κ2) is 9.00. The lowest BCUT2D eigenvalue weighted by Gasteiger charge is -2.26. The van der Waals surface area contributed by atoms with Crippen LogP contribution in [0.15, 0.2) is 66.7 Å². The number of hydrogen-bond donors (Lipinski definition) is 0. The maximum Gasteiger partial charge on any atom is 0.416 e. The molecule has 3 aromatic rings. The molecule has 0 aliphatic heterocycles. The van der Waals surface area contributed by atoms with Gasteiger partial charge in [-0.15, -0.1) is 0 Å². The van der Waals surface area contributed by atoms with Crippen LogP contribution >= 0.6 is 0 Å². The Morgan fingerprint density at radius 1 is 1.07 bits per heavy atom. The molecular formula is C24H21F3N2O. The highest BCUT2D eigenvalue weighted by molar-refractivity contribution is 6.05. The van der Waals surface area contributed by atoms with Crippen molar-refractivity contribution >= 4 is 22.4 Å². The second-order valence-corrected chi connectivity index (χ2v) is 7.03. The summed E-state index contributed by atoms with van der Waals surface area (Å²) in [6.45, 7) is 1.94. The minimum atomic E-state index is -4.42. The van der Waals surface area contributed by atoms with Crippen LogP contribution < -0.4 is 4.90 Å². The number of alkyl halides is 3.